The minimum Gasteiger partial charge on any atom is -0.394 e. The van der Waals surface area contributed by atoms with Crippen LogP contribution in [0.4, 0.5) is 16.2 Å². The number of aromatic nitrogens is 2. The normalized spacial score (nSPS) is 10.3. The Hall–Kier alpha value is -1.76. The lowest BCUT2D eigenvalue weighted by Crippen LogP contribution is -2.19. The summed E-state index contributed by atoms with van der Waals surface area (Å²) in [6.07, 6.45) is 3.09. The van der Waals surface area contributed by atoms with Gasteiger partial charge in [0.2, 0.25) is 0 Å². The average Bonchev–Trinajstić information content (AvgIpc) is 2.81. The van der Waals surface area contributed by atoms with Crippen LogP contribution in [-0.4, -0.2) is 27.5 Å². The van der Waals surface area contributed by atoms with Gasteiger partial charge in [0.05, 0.1) is 35.7 Å². The van der Waals surface area contributed by atoms with Crippen molar-refractivity contribution in [2.45, 2.75) is 6.54 Å². The molecule has 0 saturated heterocycles. The van der Waals surface area contributed by atoms with Crippen LogP contribution in [0, 0.1) is 0 Å². The quantitative estimate of drug-likeness (QED) is 0.812. The first kappa shape index (κ1) is 14.6. The zero-order valence-electron chi connectivity index (χ0n) is 10.3. The second-order valence-electron chi connectivity index (χ2n) is 3.92. The van der Waals surface area contributed by atoms with E-state index < -0.39 is 6.03 Å². The molecule has 6 nitrogen and oxygen atoms in total. The highest BCUT2D eigenvalue weighted by Gasteiger charge is 2.08. The lowest BCUT2D eigenvalue weighted by atomic mass is 10.3. The second-order valence-corrected chi connectivity index (χ2v) is 4.76. The molecular weight excluding hydrogens is 303 g/mol. The van der Waals surface area contributed by atoms with Crippen LogP contribution in [0.2, 0.25) is 10.0 Å². The number of halogens is 2. The second kappa shape index (κ2) is 6.60. The molecule has 2 rings (SSSR count). The van der Waals surface area contributed by atoms with Crippen molar-refractivity contribution in [3.63, 3.8) is 0 Å². The molecule has 20 heavy (non-hydrogen) atoms. The first-order valence-corrected chi connectivity index (χ1v) is 6.50. The molecule has 1 aromatic heterocycles. The molecule has 0 bridgehead atoms. The highest BCUT2D eigenvalue weighted by atomic mass is 35.5. The van der Waals surface area contributed by atoms with Crippen molar-refractivity contribution < 1.29 is 9.90 Å². The van der Waals surface area contributed by atoms with Gasteiger partial charge in [-0.2, -0.15) is 5.10 Å². The first-order valence-electron chi connectivity index (χ1n) is 5.75. The van der Waals surface area contributed by atoms with Crippen molar-refractivity contribution >= 4 is 40.6 Å². The molecule has 1 heterocycles. The van der Waals surface area contributed by atoms with E-state index in [9.17, 15) is 4.79 Å². The summed E-state index contributed by atoms with van der Waals surface area (Å²) in [7, 11) is 0. The van der Waals surface area contributed by atoms with Crippen molar-refractivity contribution in [3.05, 3.63) is 40.6 Å². The Morgan fingerprint density at radius 3 is 2.90 bits per heavy atom. The van der Waals surface area contributed by atoms with Crippen LogP contribution in [-0.2, 0) is 6.54 Å². The van der Waals surface area contributed by atoms with Crippen LogP contribution in [0.5, 0.6) is 0 Å². The zero-order valence-corrected chi connectivity index (χ0v) is 11.8. The Balaban J connectivity index is 1.99. The van der Waals surface area contributed by atoms with Crippen LogP contribution in [0.15, 0.2) is 30.6 Å². The number of aliphatic hydroxyl groups excluding tert-OH is 1. The van der Waals surface area contributed by atoms with Gasteiger partial charge in [-0.3, -0.25) is 4.68 Å². The average molecular weight is 315 g/mol. The van der Waals surface area contributed by atoms with E-state index in [1.807, 2.05) is 0 Å². The molecule has 0 aliphatic heterocycles. The standard InChI is InChI=1S/C12H12Cl2N4O2/c13-8-1-2-10(14)11(5-8)17-12(20)16-9-6-15-18(7-9)3-4-19/h1-2,5-7,19H,3-4H2,(H2,16,17,20). The molecule has 0 saturated carbocycles. The highest BCUT2D eigenvalue weighted by Crippen LogP contribution is 2.25. The molecule has 0 aliphatic carbocycles. The van der Waals surface area contributed by atoms with E-state index in [0.717, 1.165) is 0 Å². The van der Waals surface area contributed by atoms with Gasteiger partial charge in [0.15, 0.2) is 0 Å². The summed E-state index contributed by atoms with van der Waals surface area (Å²) in [6.45, 7) is 0.342. The number of hydrogen-bond acceptors (Lipinski definition) is 3. The monoisotopic (exact) mass is 314 g/mol. The smallest absolute Gasteiger partial charge is 0.323 e. The molecule has 1 aromatic carbocycles. The molecule has 0 aliphatic rings. The lowest BCUT2D eigenvalue weighted by molar-refractivity contribution is 0.262. The van der Waals surface area contributed by atoms with E-state index in [0.29, 0.717) is 28.0 Å². The molecule has 8 heteroatoms. The summed E-state index contributed by atoms with van der Waals surface area (Å²) in [6, 6.07) is 4.32. The Bertz CT molecular complexity index is 615. The third-order valence-corrected chi connectivity index (χ3v) is 2.96. The van der Waals surface area contributed by atoms with Gasteiger partial charge in [0.1, 0.15) is 0 Å². The molecule has 0 radical (unpaired) electrons. The summed E-state index contributed by atoms with van der Waals surface area (Å²) in [5.41, 5.74) is 0.925. The fourth-order valence-corrected chi connectivity index (χ4v) is 1.87. The van der Waals surface area contributed by atoms with Gasteiger partial charge >= 0.3 is 6.03 Å². The minimum atomic E-state index is -0.460. The number of anilines is 2. The van der Waals surface area contributed by atoms with Crippen molar-refractivity contribution in [2.24, 2.45) is 0 Å². The van der Waals surface area contributed by atoms with Gasteiger partial charge in [0, 0.05) is 11.2 Å². The maximum absolute atomic E-state index is 11.8. The number of rotatable bonds is 4. The predicted molar refractivity (Wildman–Crippen MR) is 78.4 cm³/mol. The third kappa shape index (κ3) is 3.86. The van der Waals surface area contributed by atoms with Crippen LogP contribution in [0.1, 0.15) is 0 Å². The van der Waals surface area contributed by atoms with Gasteiger partial charge in [-0.1, -0.05) is 23.2 Å². The van der Waals surface area contributed by atoms with Gasteiger partial charge in [-0.15, -0.1) is 0 Å². The number of amides is 2. The number of benzene rings is 1. The molecule has 106 valence electrons. The van der Waals surface area contributed by atoms with E-state index in [4.69, 9.17) is 28.3 Å². The number of hydrogen-bond donors (Lipinski definition) is 3. The van der Waals surface area contributed by atoms with E-state index in [1.165, 1.54) is 10.9 Å². The first-order chi connectivity index (χ1) is 9.58. The van der Waals surface area contributed by atoms with Crippen LogP contribution in [0.3, 0.4) is 0 Å². The molecule has 2 aromatic rings. The predicted octanol–water partition coefficient (Wildman–Crippen LogP) is 2.83. The number of carbonyl (C=O) groups excluding carboxylic acids is 1. The summed E-state index contributed by atoms with van der Waals surface area (Å²) in [5, 5.41) is 18.8. The van der Waals surface area contributed by atoms with Gasteiger partial charge in [0.25, 0.3) is 0 Å². The number of carbonyl (C=O) groups is 1. The number of aliphatic hydroxyl groups is 1. The molecule has 0 fully saturated rings. The maximum Gasteiger partial charge on any atom is 0.323 e. The SMILES string of the molecule is O=C(Nc1cnn(CCO)c1)Nc1cc(Cl)ccc1Cl. The summed E-state index contributed by atoms with van der Waals surface area (Å²) in [4.78, 5) is 11.8. The molecule has 0 spiro atoms. The lowest BCUT2D eigenvalue weighted by Gasteiger charge is -2.08. The Morgan fingerprint density at radius 1 is 1.35 bits per heavy atom. The van der Waals surface area contributed by atoms with Crippen molar-refractivity contribution in [3.8, 4) is 0 Å². The molecule has 3 N–H and O–H groups in total. The van der Waals surface area contributed by atoms with E-state index in [1.54, 1.807) is 24.4 Å². The van der Waals surface area contributed by atoms with Crippen molar-refractivity contribution in [1.29, 1.82) is 0 Å². The number of nitrogens with one attached hydrogen (secondary N) is 2. The summed E-state index contributed by atoms with van der Waals surface area (Å²) in [5.74, 6) is 0. The zero-order chi connectivity index (χ0) is 14.5. The van der Waals surface area contributed by atoms with Gasteiger partial charge in [-0.25, -0.2) is 4.79 Å². The van der Waals surface area contributed by atoms with Crippen LogP contribution in [0.25, 0.3) is 0 Å². The van der Waals surface area contributed by atoms with Crippen molar-refractivity contribution in [2.75, 3.05) is 17.2 Å². The minimum absolute atomic E-state index is 0.0224. The summed E-state index contributed by atoms with van der Waals surface area (Å²) < 4.78 is 1.52. The van der Waals surface area contributed by atoms with Crippen LogP contribution >= 0.6 is 23.2 Å². The summed E-state index contributed by atoms with van der Waals surface area (Å²) >= 11 is 11.8. The van der Waals surface area contributed by atoms with E-state index in [-0.39, 0.29) is 6.61 Å². The third-order valence-electron chi connectivity index (χ3n) is 2.40. The topological polar surface area (TPSA) is 79.2 Å². The fraction of sp³-hybridized carbons (Fsp3) is 0.167. The van der Waals surface area contributed by atoms with E-state index in [2.05, 4.69) is 15.7 Å². The molecule has 2 amide bonds. The fourth-order valence-electron chi connectivity index (χ4n) is 1.53. The largest absolute Gasteiger partial charge is 0.394 e. The van der Waals surface area contributed by atoms with Crippen LogP contribution < -0.4 is 10.6 Å². The van der Waals surface area contributed by atoms with Gasteiger partial charge < -0.3 is 15.7 Å². The molecule has 0 atom stereocenters. The van der Waals surface area contributed by atoms with E-state index >= 15 is 0 Å². The van der Waals surface area contributed by atoms with Crippen molar-refractivity contribution in [1.82, 2.24) is 9.78 Å². The maximum atomic E-state index is 11.8. The highest BCUT2D eigenvalue weighted by molar-refractivity contribution is 6.35. The Kier molecular flexibility index (Phi) is 4.84. The Morgan fingerprint density at radius 2 is 2.15 bits per heavy atom. The Labute approximate surface area is 125 Å². The molecule has 0 unspecified atom stereocenters. The van der Waals surface area contributed by atoms with Gasteiger partial charge in [-0.05, 0) is 18.2 Å². The number of nitrogens with zero attached hydrogens (tertiary/aromatic N) is 2. The molecular formula is C12H12Cl2N4O2. The number of urea groups is 1.